The number of nitrogens with zero attached hydrogens (tertiary/aromatic N) is 3. The third-order valence-electron chi connectivity index (χ3n) is 5.15. The number of allylic oxidation sites excluding steroid dienone is 1. The van der Waals surface area contributed by atoms with Crippen LogP contribution in [0.1, 0.15) is 17.0 Å². The second-order valence-electron chi connectivity index (χ2n) is 7.12. The number of rotatable bonds is 5. The Morgan fingerprint density at radius 2 is 1.79 bits per heavy atom. The van der Waals surface area contributed by atoms with Crippen LogP contribution in [0.5, 0.6) is 0 Å². The molecule has 0 aliphatic carbocycles. The Hall–Kier alpha value is -4.65. The second kappa shape index (κ2) is 9.23. The van der Waals surface area contributed by atoms with Crippen molar-refractivity contribution < 1.29 is 24.0 Å². The van der Waals surface area contributed by atoms with Crippen molar-refractivity contribution >= 4 is 23.3 Å². The number of hydrogen-bond donors (Lipinski definition) is 1. The summed E-state index contributed by atoms with van der Waals surface area (Å²) < 4.78 is 9.89. The molecule has 10 heteroatoms. The van der Waals surface area contributed by atoms with Gasteiger partial charge in [-0.25, -0.2) is 9.59 Å². The van der Waals surface area contributed by atoms with E-state index in [1.807, 2.05) is 19.1 Å². The predicted molar refractivity (Wildman–Crippen MR) is 117 cm³/mol. The molecule has 0 fully saturated rings. The van der Waals surface area contributed by atoms with Crippen molar-refractivity contribution in [1.29, 1.82) is 5.26 Å². The van der Waals surface area contributed by atoms with Gasteiger partial charge in [0.25, 0.3) is 5.69 Å². The molecule has 1 atom stereocenters. The molecule has 2 aromatic rings. The normalized spacial score (nSPS) is 15.7. The number of nitriles is 1. The topological polar surface area (TPSA) is 149 Å². The average molecular weight is 448 g/mol. The number of ether oxygens (including phenoxy) is 2. The fourth-order valence-corrected chi connectivity index (χ4v) is 3.72. The maximum absolute atomic E-state index is 13.0. The third kappa shape index (κ3) is 4.12. The molecule has 0 bridgehead atoms. The van der Waals surface area contributed by atoms with Crippen molar-refractivity contribution in [1.82, 2.24) is 0 Å². The van der Waals surface area contributed by atoms with Crippen molar-refractivity contribution in [3.63, 3.8) is 0 Å². The average Bonchev–Trinajstić information content (AvgIpc) is 2.82. The summed E-state index contributed by atoms with van der Waals surface area (Å²) >= 11 is 0. The number of methoxy groups -OCH3 is 2. The van der Waals surface area contributed by atoms with E-state index in [4.69, 9.17) is 15.2 Å². The van der Waals surface area contributed by atoms with Gasteiger partial charge in [0.05, 0.1) is 42.3 Å². The van der Waals surface area contributed by atoms with E-state index in [1.165, 1.54) is 29.2 Å². The van der Waals surface area contributed by atoms with E-state index in [-0.39, 0.29) is 33.9 Å². The van der Waals surface area contributed by atoms with Gasteiger partial charge in [0.2, 0.25) is 0 Å². The molecule has 0 aromatic heterocycles. The Kier molecular flexibility index (Phi) is 6.44. The third-order valence-corrected chi connectivity index (χ3v) is 5.15. The SMILES string of the molecule is COC(=O)C1=C(C(=O)OC)N(c2cccc(C)c2)C(N)=C(C#N)C1c1cccc([N+](=O)[O-])c1. The summed E-state index contributed by atoms with van der Waals surface area (Å²) in [5.41, 5.74) is 7.05. The molecule has 3 rings (SSSR count). The number of nitrogens with two attached hydrogens (primary N) is 1. The maximum atomic E-state index is 13.0. The molecule has 1 aliphatic heterocycles. The summed E-state index contributed by atoms with van der Waals surface area (Å²) in [5.74, 6) is -3.12. The number of aryl methyl sites for hydroxylation is 1. The number of hydrogen-bond acceptors (Lipinski definition) is 9. The summed E-state index contributed by atoms with van der Waals surface area (Å²) in [7, 11) is 2.26. The summed E-state index contributed by atoms with van der Waals surface area (Å²) in [6.45, 7) is 1.83. The molecule has 0 spiro atoms. The first-order chi connectivity index (χ1) is 15.7. The van der Waals surface area contributed by atoms with Crippen LogP contribution in [-0.4, -0.2) is 31.1 Å². The number of non-ortho nitro benzene ring substituents is 1. The van der Waals surface area contributed by atoms with Crippen LogP contribution in [0.15, 0.2) is 71.2 Å². The Labute approximate surface area is 189 Å². The minimum atomic E-state index is -1.20. The molecule has 2 aromatic carbocycles. The predicted octanol–water partition coefficient (Wildman–Crippen LogP) is 2.80. The molecule has 0 saturated carbocycles. The van der Waals surface area contributed by atoms with Gasteiger partial charge in [-0.3, -0.25) is 15.0 Å². The molecular weight excluding hydrogens is 428 g/mol. The van der Waals surface area contributed by atoms with E-state index in [2.05, 4.69) is 0 Å². The van der Waals surface area contributed by atoms with Gasteiger partial charge in [-0.1, -0.05) is 24.3 Å². The number of anilines is 1. The van der Waals surface area contributed by atoms with Gasteiger partial charge in [0.15, 0.2) is 0 Å². The molecule has 168 valence electrons. The summed E-state index contributed by atoms with van der Waals surface area (Å²) in [6.07, 6.45) is 0. The molecule has 10 nitrogen and oxygen atoms in total. The number of nitro benzene ring substituents is 1. The Balaban J connectivity index is 2.43. The number of esters is 2. The van der Waals surface area contributed by atoms with Gasteiger partial charge < -0.3 is 15.2 Å². The highest BCUT2D eigenvalue weighted by Crippen LogP contribution is 2.43. The highest BCUT2D eigenvalue weighted by Gasteiger charge is 2.43. The zero-order valence-electron chi connectivity index (χ0n) is 18.1. The smallest absolute Gasteiger partial charge is 0.355 e. The fourth-order valence-electron chi connectivity index (χ4n) is 3.72. The number of benzene rings is 2. The standard InChI is InChI=1S/C23H20N4O6/c1-13-6-4-8-15(10-13)26-20(23(29)33-3)19(22(28)32-2)18(17(12-24)21(26)25)14-7-5-9-16(11-14)27(30)31/h4-11,18H,25H2,1-3H3. The largest absolute Gasteiger partial charge is 0.466 e. The van der Waals surface area contributed by atoms with Crippen LogP contribution >= 0.6 is 0 Å². The highest BCUT2D eigenvalue weighted by atomic mass is 16.6. The van der Waals surface area contributed by atoms with Crippen LogP contribution in [0, 0.1) is 28.4 Å². The molecule has 0 saturated heterocycles. The van der Waals surface area contributed by atoms with E-state index >= 15 is 0 Å². The molecule has 1 unspecified atom stereocenters. The van der Waals surface area contributed by atoms with Crippen LogP contribution in [0.2, 0.25) is 0 Å². The van der Waals surface area contributed by atoms with Gasteiger partial charge >= 0.3 is 11.9 Å². The van der Waals surface area contributed by atoms with Crippen LogP contribution in [-0.2, 0) is 19.1 Å². The lowest BCUT2D eigenvalue weighted by Gasteiger charge is -2.35. The Bertz CT molecular complexity index is 1260. The first-order valence-electron chi connectivity index (χ1n) is 9.66. The van der Waals surface area contributed by atoms with Gasteiger partial charge in [-0.15, -0.1) is 0 Å². The van der Waals surface area contributed by atoms with Crippen LogP contribution in [0.3, 0.4) is 0 Å². The van der Waals surface area contributed by atoms with Gasteiger partial charge in [-0.05, 0) is 30.2 Å². The number of carbonyl (C=O) groups is 2. The van der Waals surface area contributed by atoms with Crippen molar-refractivity contribution in [2.24, 2.45) is 5.73 Å². The minimum Gasteiger partial charge on any atom is -0.466 e. The monoisotopic (exact) mass is 448 g/mol. The lowest BCUT2D eigenvalue weighted by Crippen LogP contribution is -2.40. The van der Waals surface area contributed by atoms with E-state index < -0.39 is 22.8 Å². The summed E-state index contributed by atoms with van der Waals surface area (Å²) in [4.78, 5) is 37.9. The van der Waals surface area contributed by atoms with E-state index in [9.17, 15) is 25.0 Å². The zero-order valence-corrected chi connectivity index (χ0v) is 18.1. The van der Waals surface area contributed by atoms with Crippen molar-refractivity contribution in [2.75, 3.05) is 19.1 Å². The lowest BCUT2D eigenvalue weighted by molar-refractivity contribution is -0.384. The first kappa shape index (κ1) is 23.0. The molecule has 33 heavy (non-hydrogen) atoms. The molecule has 0 amide bonds. The molecular formula is C23H20N4O6. The van der Waals surface area contributed by atoms with Crippen LogP contribution in [0.25, 0.3) is 0 Å². The van der Waals surface area contributed by atoms with Gasteiger partial charge in [0.1, 0.15) is 11.5 Å². The van der Waals surface area contributed by atoms with Crippen molar-refractivity contribution in [3.8, 4) is 6.07 Å². The Morgan fingerprint density at radius 3 is 2.36 bits per heavy atom. The highest BCUT2D eigenvalue weighted by molar-refractivity contribution is 6.06. The molecule has 1 heterocycles. The zero-order chi connectivity index (χ0) is 24.3. The molecule has 1 aliphatic rings. The van der Waals surface area contributed by atoms with Crippen LogP contribution < -0.4 is 10.6 Å². The van der Waals surface area contributed by atoms with E-state index in [1.54, 1.807) is 18.2 Å². The molecule has 0 radical (unpaired) electrons. The minimum absolute atomic E-state index is 0.0787. The van der Waals surface area contributed by atoms with Gasteiger partial charge in [-0.2, -0.15) is 5.26 Å². The van der Waals surface area contributed by atoms with E-state index in [0.29, 0.717) is 5.69 Å². The lowest BCUT2D eigenvalue weighted by atomic mass is 9.80. The van der Waals surface area contributed by atoms with Gasteiger partial charge in [0, 0.05) is 17.8 Å². The number of carbonyl (C=O) groups excluding carboxylic acids is 2. The van der Waals surface area contributed by atoms with Crippen molar-refractivity contribution in [3.05, 3.63) is 92.4 Å². The first-order valence-corrected chi connectivity index (χ1v) is 9.66. The number of nitro groups is 1. The van der Waals surface area contributed by atoms with Crippen molar-refractivity contribution in [2.45, 2.75) is 12.8 Å². The summed E-state index contributed by atoms with van der Waals surface area (Å²) in [6, 6.07) is 14.3. The second-order valence-corrected chi connectivity index (χ2v) is 7.12. The van der Waals surface area contributed by atoms with E-state index in [0.717, 1.165) is 19.8 Å². The maximum Gasteiger partial charge on any atom is 0.355 e. The Morgan fingerprint density at radius 1 is 1.12 bits per heavy atom. The van der Waals surface area contributed by atoms with Crippen LogP contribution in [0.4, 0.5) is 11.4 Å². The summed E-state index contributed by atoms with van der Waals surface area (Å²) in [5, 5.41) is 21.3. The fraction of sp³-hybridized carbons (Fsp3) is 0.174. The quantitative estimate of drug-likeness (QED) is 0.414. The molecule has 2 N–H and O–H groups in total.